The van der Waals surface area contributed by atoms with Gasteiger partial charge in [0, 0.05) is 49.4 Å². The molecule has 3 aromatic heterocycles. The van der Waals surface area contributed by atoms with Gasteiger partial charge in [0.1, 0.15) is 0 Å². The Morgan fingerprint density at radius 1 is 0.211 bits per heavy atom. The van der Waals surface area contributed by atoms with Crippen molar-refractivity contribution >= 4 is 65.4 Å². The minimum absolute atomic E-state index is 1.13. The third kappa shape index (κ3) is 4.79. The van der Waals surface area contributed by atoms with Gasteiger partial charge in [-0.3, -0.25) is 0 Å². The molecule has 0 saturated carbocycles. The number of fused-ring (bicyclic) bond motifs is 10. The first-order valence-electron chi connectivity index (χ1n) is 19.6. The molecule has 0 bridgehead atoms. The molecule has 0 aliphatic rings. The van der Waals surface area contributed by atoms with Gasteiger partial charge in [-0.1, -0.05) is 146 Å². The zero-order valence-corrected chi connectivity index (χ0v) is 31.0. The lowest BCUT2D eigenvalue weighted by atomic mass is 10.0. The van der Waals surface area contributed by atoms with Crippen LogP contribution in [0, 0.1) is 0 Å². The molecule has 0 spiro atoms. The van der Waals surface area contributed by atoms with E-state index in [1.165, 1.54) is 93.4 Å². The molecule has 0 amide bonds. The lowest BCUT2D eigenvalue weighted by Gasteiger charge is -2.14. The van der Waals surface area contributed by atoms with Crippen molar-refractivity contribution in [3.05, 3.63) is 212 Å². The minimum Gasteiger partial charge on any atom is -0.309 e. The maximum Gasteiger partial charge on any atom is 0.0788 e. The third-order valence-corrected chi connectivity index (χ3v) is 11.8. The van der Waals surface area contributed by atoms with Gasteiger partial charge in [0.15, 0.2) is 0 Å². The van der Waals surface area contributed by atoms with Crippen molar-refractivity contribution in [2.45, 2.75) is 0 Å². The predicted molar refractivity (Wildman–Crippen MR) is 240 cm³/mol. The Bertz CT molecular complexity index is 3490. The highest BCUT2D eigenvalue weighted by Gasteiger charge is 2.21. The quantitative estimate of drug-likeness (QED) is 0.168. The molecule has 0 N–H and O–H groups in total. The van der Waals surface area contributed by atoms with Gasteiger partial charge in [0.2, 0.25) is 0 Å². The van der Waals surface area contributed by atoms with Crippen LogP contribution in [0.2, 0.25) is 0 Å². The van der Waals surface area contributed by atoms with Gasteiger partial charge >= 0.3 is 0 Å². The van der Waals surface area contributed by atoms with Crippen LogP contribution in [-0.4, -0.2) is 13.7 Å². The molecule has 0 aliphatic heterocycles. The summed E-state index contributed by atoms with van der Waals surface area (Å²) < 4.78 is 7.34. The second kappa shape index (κ2) is 12.5. The van der Waals surface area contributed by atoms with E-state index in [0.29, 0.717) is 0 Å². The summed E-state index contributed by atoms with van der Waals surface area (Å²) in [7, 11) is 0. The first-order chi connectivity index (χ1) is 28.3. The van der Waals surface area contributed by atoms with E-state index in [1.54, 1.807) is 0 Å². The number of hydrogen-bond donors (Lipinski definition) is 0. The molecule has 12 aromatic rings. The largest absolute Gasteiger partial charge is 0.309 e. The molecular formula is C54H35N3. The first kappa shape index (κ1) is 31.7. The number of benzene rings is 9. The summed E-state index contributed by atoms with van der Waals surface area (Å²) in [5.74, 6) is 0. The van der Waals surface area contributed by atoms with Crippen molar-refractivity contribution in [2.24, 2.45) is 0 Å². The van der Waals surface area contributed by atoms with Gasteiger partial charge in [0.05, 0.1) is 33.1 Å². The molecule has 57 heavy (non-hydrogen) atoms. The summed E-state index contributed by atoms with van der Waals surface area (Å²) in [6.07, 6.45) is 0. The molecule has 0 fully saturated rings. The standard InChI is InChI=1S/C54H35N3/c1-3-14-36(15-4-1)37-26-29-41(30-27-37)56-50-24-11-7-20-43(50)46-31-32-47-44-21-8-12-25-51(44)57(54(47)53(46)56)42-19-13-16-38(34-42)39-28-33-52-48(35-39)45-22-9-10-23-49(45)55(52)40-17-5-2-6-18-40/h1-35H. The second-order valence-electron chi connectivity index (χ2n) is 14.9. The van der Waals surface area contributed by atoms with E-state index >= 15 is 0 Å². The Balaban J connectivity index is 1.10. The molecule has 0 unspecified atom stereocenters. The number of nitrogens with zero attached hydrogens (tertiary/aromatic N) is 3. The Morgan fingerprint density at radius 3 is 1.28 bits per heavy atom. The Morgan fingerprint density at radius 2 is 0.632 bits per heavy atom. The molecule has 0 saturated heterocycles. The van der Waals surface area contributed by atoms with Crippen LogP contribution in [0.4, 0.5) is 0 Å². The molecule has 3 heterocycles. The van der Waals surface area contributed by atoms with Crippen molar-refractivity contribution in [1.82, 2.24) is 13.7 Å². The van der Waals surface area contributed by atoms with Crippen LogP contribution in [0.25, 0.3) is 105 Å². The average molecular weight is 726 g/mol. The van der Waals surface area contributed by atoms with Crippen molar-refractivity contribution < 1.29 is 0 Å². The smallest absolute Gasteiger partial charge is 0.0788 e. The molecule has 3 nitrogen and oxygen atoms in total. The SMILES string of the molecule is c1ccc(-c2ccc(-n3c4ccccc4c4ccc5c6ccccc6n(-c6cccc(-c7ccc8c(c7)c7ccccc7n8-c7ccccc7)c6)c5c43)cc2)cc1. The maximum atomic E-state index is 2.49. The minimum atomic E-state index is 1.13. The molecule has 0 aliphatic carbocycles. The van der Waals surface area contributed by atoms with Gasteiger partial charge in [-0.25, -0.2) is 0 Å². The van der Waals surface area contributed by atoms with E-state index in [-0.39, 0.29) is 0 Å². The molecule has 9 aromatic carbocycles. The molecular weight excluding hydrogens is 691 g/mol. The lowest BCUT2D eigenvalue weighted by Crippen LogP contribution is -1.99. The average Bonchev–Trinajstić information content (AvgIpc) is 3.93. The zero-order chi connectivity index (χ0) is 37.5. The highest BCUT2D eigenvalue weighted by atomic mass is 15.0. The summed E-state index contributed by atoms with van der Waals surface area (Å²) >= 11 is 0. The fourth-order valence-corrected chi connectivity index (χ4v) is 9.30. The molecule has 0 radical (unpaired) electrons. The molecule has 0 atom stereocenters. The molecule has 266 valence electrons. The van der Waals surface area contributed by atoms with E-state index < -0.39 is 0 Å². The van der Waals surface area contributed by atoms with Crippen molar-refractivity contribution in [2.75, 3.05) is 0 Å². The normalized spacial score (nSPS) is 11.9. The predicted octanol–water partition coefficient (Wildman–Crippen LogP) is 14.3. The zero-order valence-electron chi connectivity index (χ0n) is 31.0. The summed E-state index contributed by atoms with van der Waals surface area (Å²) in [6.45, 7) is 0. The number of rotatable bonds is 5. The first-order valence-corrected chi connectivity index (χ1v) is 19.6. The number of hydrogen-bond acceptors (Lipinski definition) is 0. The summed E-state index contributed by atoms with van der Waals surface area (Å²) in [5.41, 5.74) is 15.5. The third-order valence-electron chi connectivity index (χ3n) is 11.8. The van der Waals surface area contributed by atoms with Crippen LogP contribution in [-0.2, 0) is 0 Å². The van der Waals surface area contributed by atoms with Gasteiger partial charge in [0.25, 0.3) is 0 Å². The van der Waals surface area contributed by atoms with E-state index in [4.69, 9.17) is 0 Å². The van der Waals surface area contributed by atoms with Gasteiger partial charge in [-0.2, -0.15) is 0 Å². The van der Waals surface area contributed by atoms with E-state index in [1.807, 2.05) is 0 Å². The number of aromatic nitrogens is 3. The Kier molecular flexibility index (Phi) is 6.93. The summed E-state index contributed by atoms with van der Waals surface area (Å²) in [5, 5.41) is 7.47. The fraction of sp³-hybridized carbons (Fsp3) is 0. The fourth-order valence-electron chi connectivity index (χ4n) is 9.30. The summed E-state index contributed by atoms with van der Waals surface area (Å²) in [6, 6.07) is 77.4. The van der Waals surface area contributed by atoms with Crippen LogP contribution in [0.5, 0.6) is 0 Å². The highest BCUT2D eigenvalue weighted by Crippen LogP contribution is 2.43. The van der Waals surface area contributed by atoms with Crippen LogP contribution in [0.15, 0.2) is 212 Å². The molecule has 12 rings (SSSR count). The van der Waals surface area contributed by atoms with Crippen LogP contribution in [0.1, 0.15) is 0 Å². The van der Waals surface area contributed by atoms with Crippen LogP contribution in [0.3, 0.4) is 0 Å². The van der Waals surface area contributed by atoms with Crippen molar-refractivity contribution in [3.8, 4) is 39.3 Å². The summed E-state index contributed by atoms with van der Waals surface area (Å²) in [4.78, 5) is 0. The van der Waals surface area contributed by atoms with E-state index in [2.05, 4.69) is 226 Å². The van der Waals surface area contributed by atoms with E-state index in [9.17, 15) is 0 Å². The van der Waals surface area contributed by atoms with Gasteiger partial charge < -0.3 is 13.7 Å². The maximum absolute atomic E-state index is 2.49. The Labute approximate surface area is 329 Å². The topological polar surface area (TPSA) is 14.8 Å². The molecule has 3 heteroatoms. The van der Waals surface area contributed by atoms with Crippen LogP contribution >= 0.6 is 0 Å². The van der Waals surface area contributed by atoms with Gasteiger partial charge in [-0.05, 0) is 89.0 Å². The number of para-hydroxylation sites is 4. The van der Waals surface area contributed by atoms with E-state index in [0.717, 1.165) is 11.4 Å². The van der Waals surface area contributed by atoms with Crippen molar-refractivity contribution in [1.29, 1.82) is 0 Å². The van der Waals surface area contributed by atoms with Gasteiger partial charge in [-0.15, -0.1) is 0 Å². The monoisotopic (exact) mass is 725 g/mol. The lowest BCUT2D eigenvalue weighted by molar-refractivity contribution is 1.15. The van der Waals surface area contributed by atoms with Crippen LogP contribution < -0.4 is 0 Å². The van der Waals surface area contributed by atoms with Crippen molar-refractivity contribution in [3.63, 3.8) is 0 Å². The second-order valence-corrected chi connectivity index (χ2v) is 14.9. The Hall–Kier alpha value is -7.62. The highest BCUT2D eigenvalue weighted by molar-refractivity contribution is 6.24.